The topological polar surface area (TPSA) is 65.6 Å². The first-order chi connectivity index (χ1) is 11.2. The molecule has 1 fully saturated rings. The molecular formula is C18H25ClN2O3. The first kappa shape index (κ1) is 18.8. The number of rotatable bonds is 5. The average Bonchev–Trinajstić information content (AvgIpc) is 2.97. The van der Waals surface area contributed by atoms with Gasteiger partial charge in [-0.3, -0.25) is 4.79 Å². The molecule has 5 nitrogen and oxygen atoms in total. The Balaban J connectivity index is 0.00000208. The summed E-state index contributed by atoms with van der Waals surface area (Å²) in [6.45, 7) is 4.42. The molecule has 132 valence electrons. The second kappa shape index (κ2) is 8.51. The number of esters is 1. The van der Waals surface area contributed by atoms with Gasteiger partial charge in [0.15, 0.2) is 0 Å². The molecule has 1 aliphatic heterocycles. The second-order valence-electron chi connectivity index (χ2n) is 6.12. The predicted molar refractivity (Wildman–Crippen MR) is 96.4 cm³/mol. The largest absolute Gasteiger partial charge is 0.466 e. The summed E-state index contributed by atoms with van der Waals surface area (Å²) in [6, 6.07) is 8.28. The van der Waals surface area contributed by atoms with Crippen molar-refractivity contribution in [2.45, 2.75) is 25.9 Å². The maximum Gasteiger partial charge on any atom is 0.312 e. The number of nitrogens with zero attached hydrogens (tertiary/aromatic N) is 1. The van der Waals surface area contributed by atoms with Gasteiger partial charge in [-0.15, -0.1) is 12.4 Å². The highest BCUT2D eigenvalue weighted by Crippen LogP contribution is 2.21. The minimum atomic E-state index is -0.585. The molecule has 0 aliphatic carbocycles. The van der Waals surface area contributed by atoms with E-state index in [0.29, 0.717) is 19.6 Å². The second-order valence-corrected chi connectivity index (χ2v) is 6.12. The van der Waals surface area contributed by atoms with E-state index in [1.54, 1.807) is 6.92 Å². The van der Waals surface area contributed by atoms with Crippen LogP contribution in [0.5, 0.6) is 0 Å². The molecule has 3 rings (SSSR count). The molecule has 6 heteroatoms. The summed E-state index contributed by atoms with van der Waals surface area (Å²) in [6.07, 6.45) is 3.03. The number of halogens is 1. The summed E-state index contributed by atoms with van der Waals surface area (Å²) < 4.78 is 5.08. The van der Waals surface area contributed by atoms with Gasteiger partial charge in [-0.1, -0.05) is 18.2 Å². The average molecular weight is 353 g/mol. The van der Waals surface area contributed by atoms with Crippen LogP contribution in [0.15, 0.2) is 30.5 Å². The number of likely N-dealkylation sites (tertiary alicyclic amines) is 1. The summed E-state index contributed by atoms with van der Waals surface area (Å²) in [5, 5.41) is 11.3. The minimum Gasteiger partial charge on any atom is -0.466 e. The van der Waals surface area contributed by atoms with Crippen LogP contribution in [-0.2, 0) is 16.0 Å². The van der Waals surface area contributed by atoms with Crippen molar-refractivity contribution in [3.63, 3.8) is 0 Å². The molecule has 2 N–H and O–H groups in total. The van der Waals surface area contributed by atoms with Crippen LogP contribution in [0.1, 0.15) is 18.9 Å². The maximum absolute atomic E-state index is 11.9. The Morgan fingerprint density at radius 3 is 3.00 bits per heavy atom. The standard InChI is InChI=1S/C18H24N2O3.ClH/c1-2-23-18(22)15-12-20(10-8-17(15)21)9-7-13-11-19-16-6-4-3-5-14(13)16;/h3-6,11,15,17,19,21H,2,7-10,12H2,1H3;1H/t15-,17-;/m1./s1. The van der Waals surface area contributed by atoms with Gasteiger partial charge in [-0.2, -0.15) is 0 Å². The van der Waals surface area contributed by atoms with Crippen LogP contribution in [0.4, 0.5) is 0 Å². The zero-order valence-corrected chi connectivity index (χ0v) is 14.7. The number of benzene rings is 1. The monoisotopic (exact) mass is 352 g/mol. The van der Waals surface area contributed by atoms with Crippen LogP contribution < -0.4 is 0 Å². The predicted octanol–water partition coefficient (Wildman–Crippen LogP) is 2.38. The Morgan fingerprint density at radius 2 is 2.21 bits per heavy atom. The van der Waals surface area contributed by atoms with E-state index < -0.39 is 12.0 Å². The van der Waals surface area contributed by atoms with Gasteiger partial charge in [-0.05, 0) is 31.4 Å². The Bertz CT molecular complexity index is 673. The Labute approximate surface area is 148 Å². The van der Waals surface area contributed by atoms with Gasteiger partial charge < -0.3 is 19.7 Å². The minimum absolute atomic E-state index is 0. The van der Waals surface area contributed by atoms with Gasteiger partial charge in [0, 0.05) is 36.7 Å². The molecule has 0 saturated carbocycles. The summed E-state index contributed by atoms with van der Waals surface area (Å²) in [5.74, 6) is -0.705. The summed E-state index contributed by atoms with van der Waals surface area (Å²) >= 11 is 0. The molecular weight excluding hydrogens is 328 g/mol. The molecule has 2 atom stereocenters. The van der Waals surface area contributed by atoms with Gasteiger partial charge in [0.25, 0.3) is 0 Å². The lowest BCUT2D eigenvalue weighted by Crippen LogP contribution is -2.47. The molecule has 0 unspecified atom stereocenters. The molecule has 2 aromatic rings. The van der Waals surface area contributed by atoms with Crippen LogP contribution >= 0.6 is 12.4 Å². The Morgan fingerprint density at radius 1 is 1.42 bits per heavy atom. The highest BCUT2D eigenvalue weighted by molar-refractivity contribution is 5.85. The van der Waals surface area contributed by atoms with Crippen molar-refractivity contribution in [2.75, 3.05) is 26.2 Å². The summed E-state index contributed by atoms with van der Waals surface area (Å²) in [4.78, 5) is 17.5. The number of ether oxygens (including phenoxy) is 1. The van der Waals surface area contributed by atoms with Crippen LogP contribution in [0, 0.1) is 5.92 Å². The molecule has 0 radical (unpaired) electrons. The van der Waals surface area contributed by atoms with E-state index in [9.17, 15) is 9.90 Å². The number of nitrogens with one attached hydrogen (secondary N) is 1. The normalized spacial score (nSPS) is 21.4. The molecule has 1 aromatic carbocycles. The van der Waals surface area contributed by atoms with Crippen molar-refractivity contribution in [3.8, 4) is 0 Å². The van der Waals surface area contributed by atoms with Crippen LogP contribution in [0.2, 0.25) is 0 Å². The fourth-order valence-electron chi connectivity index (χ4n) is 3.31. The lowest BCUT2D eigenvalue weighted by Gasteiger charge is -2.34. The fourth-order valence-corrected chi connectivity index (χ4v) is 3.31. The molecule has 0 spiro atoms. The third-order valence-electron chi connectivity index (χ3n) is 4.62. The third kappa shape index (κ3) is 4.09. The number of aromatic nitrogens is 1. The van der Waals surface area contributed by atoms with Gasteiger partial charge >= 0.3 is 5.97 Å². The van der Waals surface area contributed by atoms with E-state index in [0.717, 1.165) is 25.0 Å². The summed E-state index contributed by atoms with van der Waals surface area (Å²) in [5.41, 5.74) is 2.44. The Hall–Kier alpha value is -1.56. The SMILES string of the molecule is CCOC(=O)[C@@H]1CN(CCc2c[nH]c3ccccc23)CC[C@H]1O.Cl. The lowest BCUT2D eigenvalue weighted by molar-refractivity contribution is -0.155. The van der Waals surface area contributed by atoms with Crippen molar-refractivity contribution in [1.82, 2.24) is 9.88 Å². The van der Waals surface area contributed by atoms with Crippen LogP contribution in [0.25, 0.3) is 10.9 Å². The number of para-hydroxylation sites is 1. The van der Waals surface area contributed by atoms with Crippen molar-refractivity contribution in [3.05, 3.63) is 36.0 Å². The number of H-pyrrole nitrogens is 1. The smallest absolute Gasteiger partial charge is 0.312 e. The van der Waals surface area contributed by atoms with E-state index >= 15 is 0 Å². The van der Waals surface area contributed by atoms with Crippen molar-refractivity contribution < 1.29 is 14.6 Å². The molecule has 0 amide bonds. The molecule has 1 saturated heterocycles. The van der Waals surface area contributed by atoms with E-state index in [4.69, 9.17) is 4.74 Å². The highest BCUT2D eigenvalue weighted by Gasteiger charge is 2.34. The fraction of sp³-hybridized carbons (Fsp3) is 0.500. The zero-order valence-electron chi connectivity index (χ0n) is 13.9. The van der Waals surface area contributed by atoms with Crippen LogP contribution in [0.3, 0.4) is 0 Å². The lowest BCUT2D eigenvalue weighted by atomic mass is 9.94. The van der Waals surface area contributed by atoms with Crippen LogP contribution in [-0.4, -0.2) is 53.3 Å². The van der Waals surface area contributed by atoms with E-state index in [1.165, 1.54) is 10.9 Å². The zero-order chi connectivity index (χ0) is 16.2. The first-order valence-corrected chi connectivity index (χ1v) is 8.31. The molecule has 24 heavy (non-hydrogen) atoms. The summed E-state index contributed by atoms with van der Waals surface area (Å²) in [7, 11) is 0. The Kier molecular flexibility index (Phi) is 6.66. The number of piperidine rings is 1. The quantitative estimate of drug-likeness (QED) is 0.811. The van der Waals surface area contributed by atoms with E-state index in [1.807, 2.05) is 12.1 Å². The molecule has 1 aliphatic rings. The molecule has 1 aromatic heterocycles. The number of fused-ring (bicyclic) bond motifs is 1. The molecule has 2 heterocycles. The van der Waals surface area contributed by atoms with Gasteiger partial charge in [0.1, 0.15) is 0 Å². The van der Waals surface area contributed by atoms with Crippen molar-refractivity contribution in [1.29, 1.82) is 0 Å². The number of aliphatic hydroxyl groups excluding tert-OH is 1. The first-order valence-electron chi connectivity index (χ1n) is 8.31. The van der Waals surface area contributed by atoms with Gasteiger partial charge in [0.2, 0.25) is 0 Å². The number of aliphatic hydroxyl groups is 1. The highest BCUT2D eigenvalue weighted by atomic mass is 35.5. The van der Waals surface area contributed by atoms with Crippen molar-refractivity contribution >= 4 is 29.3 Å². The number of aromatic amines is 1. The number of hydrogen-bond donors (Lipinski definition) is 2. The van der Waals surface area contributed by atoms with Crippen molar-refractivity contribution in [2.24, 2.45) is 5.92 Å². The number of hydrogen-bond acceptors (Lipinski definition) is 4. The third-order valence-corrected chi connectivity index (χ3v) is 4.62. The van der Waals surface area contributed by atoms with E-state index in [-0.39, 0.29) is 18.4 Å². The van der Waals surface area contributed by atoms with E-state index in [2.05, 4.69) is 28.2 Å². The van der Waals surface area contributed by atoms with Gasteiger partial charge in [-0.25, -0.2) is 0 Å². The maximum atomic E-state index is 11.9. The number of carbonyl (C=O) groups is 1. The number of carbonyl (C=O) groups excluding carboxylic acids is 1. The molecule has 0 bridgehead atoms. The van der Waals surface area contributed by atoms with Gasteiger partial charge in [0.05, 0.1) is 18.6 Å².